The summed E-state index contributed by atoms with van der Waals surface area (Å²) in [4.78, 5) is 14.9. The van der Waals surface area contributed by atoms with E-state index in [1.165, 1.54) is 18.5 Å². The molecule has 26 heavy (non-hydrogen) atoms. The highest BCUT2D eigenvalue weighted by atomic mass is 16.6. The van der Waals surface area contributed by atoms with E-state index in [0.29, 0.717) is 30.3 Å². The van der Waals surface area contributed by atoms with E-state index in [-0.39, 0.29) is 5.91 Å². The predicted octanol–water partition coefficient (Wildman–Crippen LogP) is 3.95. The van der Waals surface area contributed by atoms with Crippen molar-refractivity contribution in [3.63, 3.8) is 0 Å². The standard InChI is InChI=1S/C21H24N2O3/c1-15-8-10-23(11-9-15)18-5-3-17(4-6-18)22-21(24)16-2-7-19-20(14-16)26-13-12-25-19/h2-7,14-15H,8-13H2,1H3,(H,22,24). The van der Waals surface area contributed by atoms with Crippen molar-refractivity contribution in [3.05, 3.63) is 48.0 Å². The smallest absolute Gasteiger partial charge is 0.255 e. The van der Waals surface area contributed by atoms with Gasteiger partial charge in [0.2, 0.25) is 0 Å². The zero-order valence-electron chi connectivity index (χ0n) is 15.0. The number of hydrogen-bond acceptors (Lipinski definition) is 4. The van der Waals surface area contributed by atoms with Crippen molar-refractivity contribution < 1.29 is 14.3 Å². The van der Waals surface area contributed by atoms with Gasteiger partial charge in [0.25, 0.3) is 5.91 Å². The van der Waals surface area contributed by atoms with E-state index in [2.05, 4.69) is 29.3 Å². The summed E-state index contributed by atoms with van der Waals surface area (Å²) in [7, 11) is 0. The summed E-state index contributed by atoms with van der Waals surface area (Å²) in [6, 6.07) is 13.3. The molecule has 1 fully saturated rings. The van der Waals surface area contributed by atoms with E-state index in [9.17, 15) is 4.79 Å². The molecule has 2 heterocycles. The Hall–Kier alpha value is -2.69. The fourth-order valence-electron chi connectivity index (χ4n) is 3.41. The summed E-state index contributed by atoms with van der Waals surface area (Å²) < 4.78 is 11.0. The Morgan fingerprint density at radius 2 is 1.69 bits per heavy atom. The molecule has 0 unspecified atom stereocenters. The molecule has 0 radical (unpaired) electrons. The average Bonchev–Trinajstić information content (AvgIpc) is 2.69. The normalized spacial score (nSPS) is 17.0. The van der Waals surface area contributed by atoms with Crippen LogP contribution in [0.4, 0.5) is 11.4 Å². The van der Waals surface area contributed by atoms with Gasteiger partial charge in [0, 0.05) is 30.0 Å². The maximum Gasteiger partial charge on any atom is 0.255 e. The quantitative estimate of drug-likeness (QED) is 0.909. The van der Waals surface area contributed by atoms with Crippen molar-refractivity contribution in [3.8, 4) is 11.5 Å². The number of carbonyl (C=O) groups is 1. The van der Waals surface area contributed by atoms with Crippen molar-refractivity contribution >= 4 is 17.3 Å². The number of nitrogens with zero attached hydrogens (tertiary/aromatic N) is 1. The molecule has 0 aromatic heterocycles. The van der Waals surface area contributed by atoms with Crippen LogP contribution in [0.3, 0.4) is 0 Å². The van der Waals surface area contributed by atoms with E-state index in [1.54, 1.807) is 18.2 Å². The van der Waals surface area contributed by atoms with E-state index in [4.69, 9.17) is 9.47 Å². The molecular weight excluding hydrogens is 328 g/mol. The summed E-state index contributed by atoms with van der Waals surface area (Å²) in [5.74, 6) is 1.98. The number of piperidine rings is 1. The second-order valence-electron chi connectivity index (χ2n) is 7.03. The van der Waals surface area contributed by atoms with Crippen LogP contribution in [0.2, 0.25) is 0 Å². The number of fused-ring (bicyclic) bond motifs is 1. The monoisotopic (exact) mass is 352 g/mol. The summed E-state index contributed by atoms with van der Waals surface area (Å²) in [6.45, 7) is 5.57. The van der Waals surface area contributed by atoms with E-state index >= 15 is 0 Å². The molecule has 2 aliphatic heterocycles. The van der Waals surface area contributed by atoms with Crippen LogP contribution >= 0.6 is 0 Å². The first-order valence-corrected chi connectivity index (χ1v) is 9.25. The van der Waals surface area contributed by atoms with E-state index < -0.39 is 0 Å². The van der Waals surface area contributed by atoms with Crippen LogP contribution < -0.4 is 19.7 Å². The number of anilines is 2. The first-order valence-electron chi connectivity index (χ1n) is 9.25. The van der Waals surface area contributed by atoms with Gasteiger partial charge in [-0.15, -0.1) is 0 Å². The van der Waals surface area contributed by atoms with Crippen LogP contribution in [0.1, 0.15) is 30.1 Å². The van der Waals surface area contributed by atoms with Gasteiger partial charge in [0.1, 0.15) is 13.2 Å². The Bertz CT molecular complexity index is 780. The number of hydrogen-bond donors (Lipinski definition) is 1. The lowest BCUT2D eigenvalue weighted by atomic mass is 9.99. The van der Waals surface area contributed by atoms with Crippen LogP contribution in [0.5, 0.6) is 11.5 Å². The molecule has 0 spiro atoms. The minimum absolute atomic E-state index is 0.151. The Kier molecular flexibility index (Phi) is 4.69. The van der Waals surface area contributed by atoms with Gasteiger partial charge < -0.3 is 19.7 Å². The number of carbonyl (C=O) groups excluding carboxylic acids is 1. The highest BCUT2D eigenvalue weighted by Gasteiger charge is 2.17. The Morgan fingerprint density at radius 3 is 2.42 bits per heavy atom. The topological polar surface area (TPSA) is 50.8 Å². The van der Waals surface area contributed by atoms with Gasteiger partial charge in [-0.1, -0.05) is 6.92 Å². The predicted molar refractivity (Wildman–Crippen MR) is 102 cm³/mol. The number of benzene rings is 2. The summed E-state index contributed by atoms with van der Waals surface area (Å²) in [5, 5.41) is 2.95. The Labute approximate surface area is 153 Å². The number of nitrogens with one attached hydrogen (secondary N) is 1. The van der Waals surface area contributed by atoms with Crippen LogP contribution in [0, 0.1) is 5.92 Å². The molecule has 1 N–H and O–H groups in total. The van der Waals surface area contributed by atoms with Crippen molar-refractivity contribution in [2.24, 2.45) is 5.92 Å². The highest BCUT2D eigenvalue weighted by Crippen LogP contribution is 2.31. The fourth-order valence-corrected chi connectivity index (χ4v) is 3.41. The molecule has 0 atom stereocenters. The second kappa shape index (κ2) is 7.28. The van der Waals surface area contributed by atoms with E-state index in [0.717, 1.165) is 24.7 Å². The molecule has 4 rings (SSSR count). The van der Waals surface area contributed by atoms with Gasteiger partial charge in [0.05, 0.1) is 0 Å². The third kappa shape index (κ3) is 3.62. The van der Waals surface area contributed by atoms with E-state index in [1.807, 2.05) is 12.1 Å². The lowest BCUT2D eigenvalue weighted by Crippen LogP contribution is -2.32. The molecule has 2 aliphatic rings. The zero-order chi connectivity index (χ0) is 17.9. The largest absolute Gasteiger partial charge is 0.486 e. The number of amides is 1. The molecule has 5 nitrogen and oxygen atoms in total. The van der Waals surface area contributed by atoms with Crippen molar-refractivity contribution in [2.45, 2.75) is 19.8 Å². The lowest BCUT2D eigenvalue weighted by Gasteiger charge is -2.32. The van der Waals surface area contributed by atoms with Crippen LogP contribution in [-0.2, 0) is 0 Å². The molecule has 0 saturated carbocycles. The highest BCUT2D eigenvalue weighted by molar-refractivity contribution is 6.04. The summed E-state index contributed by atoms with van der Waals surface area (Å²) in [6.07, 6.45) is 2.48. The first-order chi connectivity index (χ1) is 12.7. The molecule has 0 aliphatic carbocycles. The molecule has 2 aromatic rings. The summed E-state index contributed by atoms with van der Waals surface area (Å²) >= 11 is 0. The molecule has 0 bridgehead atoms. The Morgan fingerprint density at radius 1 is 1.00 bits per heavy atom. The maximum atomic E-state index is 12.5. The maximum absolute atomic E-state index is 12.5. The Balaban J connectivity index is 1.41. The molecule has 2 aromatic carbocycles. The van der Waals surface area contributed by atoms with Crippen LogP contribution in [-0.4, -0.2) is 32.2 Å². The third-order valence-corrected chi connectivity index (χ3v) is 5.08. The van der Waals surface area contributed by atoms with Crippen molar-refractivity contribution in [1.29, 1.82) is 0 Å². The lowest BCUT2D eigenvalue weighted by molar-refractivity contribution is 0.102. The van der Waals surface area contributed by atoms with Crippen molar-refractivity contribution in [2.75, 3.05) is 36.5 Å². The van der Waals surface area contributed by atoms with Gasteiger partial charge >= 0.3 is 0 Å². The van der Waals surface area contributed by atoms with Gasteiger partial charge in [-0.3, -0.25) is 4.79 Å². The van der Waals surface area contributed by atoms with Gasteiger partial charge in [-0.05, 0) is 61.2 Å². The SMILES string of the molecule is CC1CCN(c2ccc(NC(=O)c3ccc4c(c3)OCCO4)cc2)CC1. The first kappa shape index (κ1) is 16.8. The molecular formula is C21H24N2O3. The number of ether oxygens (including phenoxy) is 2. The molecule has 136 valence electrons. The second-order valence-corrected chi connectivity index (χ2v) is 7.03. The van der Waals surface area contributed by atoms with Crippen molar-refractivity contribution in [1.82, 2.24) is 0 Å². The summed E-state index contributed by atoms with van der Waals surface area (Å²) in [5.41, 5.74) is 2.57. The van der Waals surface area contributed by atoms with Gasteiger partial charge in [-0.25, -0.2) is 0 Å². The van der Waals surface area contributed by atoms with Gasteiger partial charge in [-0.2, -0.15) is 0 Å². The average molecular weight is 352 g/mol. The molecule has 1 amide bonds. The zero-order valence-corrected chi connectivity index (χ0v) is 15.0. The third-order valence-electron chi connectivity index (χ3n) is 5.08. The number of rotatable bonds is 3. The van der Waals surface area contributed by atoms with Gasteiger partial charge in [0.15, 0.2) is 11.5 Å². The van der Waals surface area contributed by atoms with Crippen LogP contribution in [0.25, 0.3) is 0 Å². The minimum Gasteiger partial charge on any atom is -0.486 e. The molecule has 5 heteroatoms. The minimum atomic E-state index is -0.151. The van der Waals surface area contributed by atoms with Crippen LogP contribution in [0.15, 0.2) is 42.5 Å². The molecule has 1 saturated heterocycles. The fraction of sp³-hybridized carbons (Fsp3) is 0.381.